The lowest BCUT2D eigenvalue weighted by molar-refractivity contribution is 0.102. The average Bonchev–Trinajstić information content (AvgIpc) is 3.41. The number of thioether (sulfide) groups is 1. The third kappa shape index (κ3) is 3.80. The molecule has 0 saturated carbocycles. The summed E-state index contributed by atoms with van der Waals surface area (Å²) in [5.41, 5.74) is 4.26. The molecule has 0 spiro atoms. The molecule has 0 fully saturated rings. The summed E-state index contributed by atoms with van der Waals surface area (Å²) < 4.78 is 8.92. The first kappa shape index (κ1) is 20.4. The van der Waals surface area contributed by atoms with Gasteiger partial charge >= 0.3 is 0 Å². The first-order valence-corrected chi connectivity index (χ1v) is 10.7. The number of nitrogens with zero attached hydrogens (tertiary/aromatic N) is 5. The molecule has 0 radical (unpaired) electrons. The summed E-state index contributed by atoms with van der Waals surface area (Å²) in [5, 5.41) is 13.5. The zero-order valence-electron chi connectivity index (χ0n) is 17.0. The molecule has 0 amide bonds. The van der Waals surface area contributed by atoms with E-state index in [9.17, 15) is 4.79 Å². The summed E-state index contributed by atoms with van der Waals surface area (Å²) in [6.45, 7) is 7.64. The molecular formula is C21H20ClN5O2S. The van der Waals surface area contributed by atoms with Gasteiger partial charge in [-0.1, -0.05) is 34.6 Å². The number of carbonyl (C=O) groups is 1. The number of hydrogen-bond donors (Lipinski definition) is 0. The van der Waals surface area contributed by atoms with Crippen molar-refractivity contribution in [3.8, 4) is 11.5 Å². The van der Waals surface area contributed by atoms with Gasteiger partial charge in [-0.25, -0.2) is 0 Å². The Kier molecular flexibility index (Phi) is 5.53. The van der Waals surface area contributed by atoms with Crippen LogP contribution >= 0.6 is 23.4 Å². The Morgan fingerprint density at radius 1 is 1.17 bits per heavy atom. The van der Waals surface area contributed by atoms with Gasteiger partial charge in [-0.15, -0.1) is 10.2 Å². The van der Waals surface area contributed by atoms with E-state index in [-0.39, 0.29) is 11.5 Å². The first-order chi connectivity index (χ1) is 14.3. The molecule has 3 aromatic heterocycles. The molecule has 0 saturated heterocycles. The second-order valence-electron chi connectivity index (χ2n) is 7.04. The molecule has 1 aromatic carbocycles. The molecule has 154 valence electrons. The Balaban J connectivity index is 1.54. The molecule has 0 unspecified atom stereocenters. The van der Waals surface area contributed by atoms with Gasteiger partial charge in [0.2, 0.25) is 0 Å². The molecule has 0 N–H and O–H groups in total. The van der Waals surface area contributed by atoms with Gasteiger partial charge in [0.1, 0.15) is 12.1 Å². The van der Waals surface area contributed by atoms with Crippen LogP contribution in [0.3, 0.4) is 0 Å². The summed E-state index contributed by atoms with van der Waals surface area (Å²) in [7, 11) is 0. The number of aryl methyl sites for hydroxylation is 3. The van der Waals surface area contributed by atoms with Crippen LogP contribution in [-0.4, -0.2) is 36.0 Å². The number of ketones is 1. The van der Waals surface area contributed by atoms with Crippen LogP contribution in [0.15, 0.2) is 46.3 Å². The Hall–Kier alpha value is -2.84. The lowest BCUT2D eigenvalue weighted by Gasteiger charge is -2.08. The van der Waals surface area contributed by atoms with E-state index in [1.807, 2.05) is 67.2 Å². The Morgan fingerprint density at radius 2 is 1.97 bits per heavy atom. The second-order valence-corrected chi connectivity index (χ2v) is 8.39. The van der Waals surface area contributed by atoms with Crippen molar-refractivity contribution in [1.29, 1.82) is 0 Å². The standard InChI is InChI=1S/C21H20ClN5O2S/c1-12-5-6-16(9-18(12)22)26-11-23-24-21(26)30-10-19(28)17-7-13(2)27(15(17)4)20-8-14(3)29-25-20/h5-9,11H,10H2,1-4H3. The molecule has 0 atom stereocenters. The Labute approximate surface area is 183 Å². The predicted octanol–water partition coefficient (Wildman–Crippen LogP) is 4.91. The van der Waals surface area contributed by atoms with E-state index in [1.165, 1.54) is 11.8 Å². The summed E-state index contributed by atoms with van der Waals surface area (Å²) >= 11 is 7.59. The number of halogens is 1. The van der Waals surface area contributed by atoms with E-state index in [1.54, 1.807) is 6.33 Å². The quantitative estimate of drug-likeness (QED) is 0.312. The van der Waals surface area contributed by atoms with Crippen LogP contribution in [0.1, 0.15) is 33.1 Å². The van der Waals surface area contributed by atoms with Crippen LogP contribution in [-0.2, 0) is 0 Å². The molecule has 4 rings (SSSR count). The Bertz CT molecular complexity index is 1240. The summed E-state index contributed by atoms with van der Waals surface area (Å²) in [6.07, 6.45) is 1.62. The molecule has 0 aliphatic rings. The largest absolute Gasteiger partial charge is 0.360 e. The van der Waals surface area contributed by atoms with Crippen molar-refractivity contribution in [1.82, 2.24) is 24.5 Å². The molecular weight excluding hydrogens is 422 g/mol. The van der Waals surface area contributed by atoms with Gasteiger partial charge in [-0.3, -0.25) is 13.9 Å². The minimum Gasteiger partial charge on any atom is -0.360 e. The fourth-order valence-corrected chi connectivity index (χ4v) is 4.28. The molecule has 30 heavy (non-hydrogen) atoms. The lowest BCUT2D eigenvalue weighted by atomic mass is 10.2. The highest BCUT2D eigenvalue weighted by molar-refractivity contribution is 7.99. The normalized spacial score (nSPS) is 11.2. The van der Waals surface area contributed by atoms with E-state index in [2.05, 4.69) is 15.4 Å². The van der Waals surface area contributed by atoms with E-state index in [4.69, 9.17) is 16.1 Å². The van der Waals surface area contributed by atoms with E-state index < -0.39 is 0 Å². The van der Waals surface area contributed by atoms with Crippen LogP contribution in [0.4, 0.5) is 0 Å². The van der Waals surface area contributed by atoms with Gasteiger partial charge in [-0.05, 0) is 51.5 Å². The molecule has 0 bridgehead atoms. The van der Waals surface area contributed by atoms with Crippen molar-refractivity contribution in [3.05, 3.63) is 70.0 Å². The zero-order chi connectivity index (χ0) is 21.4. The van der Waals surface area contributed by atoms with Crippen LogP contribution in [0, 0.1) is 27.7 Å². The highest BCUT2D eigenvalue weighted by atomic mass is 35.5. The van der Waals surface area contributed by atoms with Crippen molar-refractivity contribution in [2.45, 2.75) is 32.9 Å². The van der Waals surface area contributed by atoms with Crippen molar-refractivity contribution < 1.29 is 9.32 Å². The smallest absolute Gasteiger partial charge is 0.196 e. The van der Waals surface area contributed by atoms with Crippen molar-refractivity contribution in [2.75, 3.05) is 5.75 Å². The zero-order valence-corrected chi connectivity index (χ0v) is 18.6. The minimum absolute atomic E-state index is 0.0102. The molecule has 0 aliphatic heterocycles. The second kappa shape index (κ2) is 8.12. The topological polar surface area (TPSA) is 78.7 Å². The highest BCUT2D eigenvalue weighted by Gasteiger charge is 2.19. The molecule has 0 aliphatic carbocycles. The Morgan fingerprint density at radius 3 is 2.67 bits per heavy atom. The monoisotopic (exact) mass is 441 g/mol. The van der Waals surface area contributed by atoms with E-state index in [0.29, 0.717) is 21.6 Å². The molecule has 9 heteroatoms. The number of aromatic nitrogens is 5. The molecule has 3 heterocycles. The third-order valence-electron chi connectivity index (χ3n) is 4.86. The minimum atomic E-state index is 0.0102. The molecule has 7 nitrogen and oxygen atoms in total. The number of Topliss-reactive ketones (excluding diaryl/α,β-unsaturated/α-hetero) is 1. The summed E-state index contributed by atoms with van der Waals surface area (Å²) in [5.74, 6) is 1.64. The highest BCUT2D eigenvalue weighted by Crippen LogP contribution is 2.26. The van der Waals surface area contributed by atoms with Crippen molar-refractivity contribution in [3.63, 3.8) is 0 Å². The van der Waals surface area contributed by atoms with Crippen LogP contribution in [0.5, 0.6) is 0 Å². The van der Waals surface area contributed by atoms with Crippen LogP contribution in [0.25, 0.3) is 11.5 Å². The van der Waals surface area contributed by atoms with E-state index in [0.717, 1.165) is 28.4 Å². The van der Waals surface area contributed by atoms with Crippen LogP contribution in [0.2, 0.25) is 5.02 Å². The number of benzene rings is 1. The molecule has 4 aromatic rings. The van der Waals surface area contributed by atoms with Crippen molar-refractivity contribution >= 4 is 29.1 Å². The van der Waals surface area contributed by atoms with Gasteiger partial charge in [0.05, 0.1) is 11.4 Å². The first-order valence-electron chi connectivity index (χ1n) is 9.30. The van der Waals surface area contributed by atoms with Gasteiger partial charge in [-0.2, -0.15) is 0 Å². The fourth-order valence-electron chi connectivity index (χ4n) is 3.30. The van der Waals surface area contributed by atoms with Crippen LogP contribution < -0.4 is 0 Å². The average molecular weight is 442 g/mol. The van der Waals surface area contributed by atoms with Gasteiger partial charge in [0, 0.05) is 28.0 Å². The summed E-state index contributed by atoms with van der Waals surface area (Å²) in [6, 6.07) is 9.48. The maximum Gasteiger partial charge on any atom is 0.196 e. The lowest BCUT2D eigenvalue weighted by Crippen LogP contribution is -2.06. The predicted molar refractivity (Wildman–Crippen MR) is 116 cm³/mol. The van der Waals surface area contributed by atoms with Gasteiger partial charge in [0.25, 0.3) is 0 Å². The van der Waals surface area contributed by atoms with Crippen molar-refractivity contribution in [2.24, 2.45) is 0 Å². The third-order valence-corrected chi connectivity index (χ3v) is 6.21. The SMILES string of the molecule is Cc1cc(-n2c(C)cc(C(=O)CSc3nncn3-c3ccc(C)c(Cl)c3)c2C)no1. The summed E-state index contributed by atoms with van der Waals surface area (Å²) in [4.78, 5) is 13.0. The van der Waals surface area contributed by atoms with Gasteiger partial charge < -0.3 is 4.52 Å². The number of carbonyl (C=O) groups excluding carboxylic acids is 1. The maximum atomic E-state index is 13.0. The maximum absolute atomic E-state index is 13.0. The van der Waals surface area contributed by atoms with E-state index >= 15 is 0 Å². The van der Waals surface area contributed by atoms with Gasteiger partial charge in [0.15, 0.2) is 16.8 Å². The number of rotatable bonds is 6. The fraction of sp³-hybridized carbons (Fsp3) is 0.238. The number of hydrogen-bond acceptors (Lipinski definition) is 6.